The first-order valence-electron chi connectivity index (χ1n) is 12.4. The number of guanidine groups is 1. The highest BCUT2D eigenvalue weighted by atomic mass is 19.1. The molecular formula is C26H42FN7O. The molecule has 0 spiro atoms. The molecule has 35 heavy (non-hydrogen) atoms. The SMILES string of the molecule is CCCCCC.CCF.Cc1cc2cn(-c3ccc(CNCCCN=C(N)N)cc3)c(=O)nc2[nH]1. The van der Waals surface area contributed by atoms with Gasteiger partial charge in [0.1, 0.15) is 5.65 Å². The summed E-state index contributed by atoms with van der Waals surface area (Å²) in [5.41, 5.74) is 13.8. The van der Waals surface area contributed by atoms with Crippen LogP contribution in [-0.2, 0) is 6.54 Å². The van der Waals surface area contributed by atoms with Crippen molar-refractivity contribution in [1.82, 2.24) is 19.9 Å². The van der Waals surface area contributed by atoms with E-state index in [1.807, 2.05) is 43.5 Å². The number of fused-ring (bicyclic) bond motifs is 1. The number of benzene rings is 1. The zero-order valence-corrected chi connectivity index (χ0v) is 21.6. The van der Waals surface area contributed by atoms with Crippen LogP contribution in [0, 0.1) is 6.92 Å². The summed E-state index contributed by atoms with van der Waals surface area (Å²) in [4.78, 5) is 23.3. The van der Waals surface area contributed by atoms with Crippen molar-refractivity contribution in [1.29, 1.82) is 0 Å². The van der Waals surface area contributed by atoms with E-state index in [0.717, 1.165) is 41.8 Å². The van der Waals surface area contributed by atoms with Gasteiger partial charge in [0.05, 0.1) is 12.4 Å². The Hall–Kier alpha value is -3.20. The molecule has 0 aliphatic heterocycles. The maximum absolute atomic E-state index is 12.2. The topological polar surface area (TPSA) is 127 Å². The summed E-state index contributed by atoms with van der Waals surface area (Å²) in [5.74, 6) is 0.123. The highest BCUT2D eigenvalue weighted by Gasteiger charge is 2.06. The second-order valence-corrected chi connectivity index (χ2v) is 8.13. The Morgan fingerprint density at radius 1 is 1.11 bits per heavy atom. The summed E-state index contributed by atoms with van der Waals surface area (Å²) >= 11 is 0. The fourth-order valence-corrected chi connectivity index (χ4v) is 3.24. The lowest BCUT2D eigenvalue weighted by Crippen LogP contribution is -2.23. The fourth-order valence-electron chi connectivity index (χ4n) is 3.24. The third kappa shape index (κ3) is 11.7. The van der Waals surface area contributed by atoms with Gasteiger partial charge in [-0.3, -0.25) is 13.9 Å². The van der Waals surface area contributed by atoms with Crippen LogP contribution in [0.15, 0.2) is 46.3 Å². The van der Waals surface area contributed by atoms with E-state index in [-0.39, 0.29) is 18.3 Å². The maximum atomic E-state index is 12.2. The molecule has 1 aromatic carbocycles. The number of aromatic amines is 1. The quantitative estimate of drug-likeness (QED) is 0.192. The van der Waals surface area contributed by atoms with Gasteiger partial charge < -0.3 is 21.8 Å². The number of H-pyrrole nitrogens is 1. The third-order valence-electron chi connectivity index (χ3n) is 4.95. The number of aryl methyl sites for hydroxylation is 1. The molecule has 2 aromatic heterocycles. The minimum atomic E-state index is -0.301. The molecule has 8 nitrogen and oxygen atoms in total. The van der Waals surface area contributed by atoms with E-state index in [2.05, 4.69) is 34.1 Å². The van der Waals surface area contributed by atoms with Crippen LogP contribution in [-0.4, -0.2) is 40.3 Å². The second-order valence-electron chi connectivity index (χ2n) is 8.13. The van der Waals surface area contributed by atoms with Gasteiger partial charge in [0, 0.05) is 30.4 Å². The molecule has 3 aromatic rings. The van der Waals surface area contributed by atoms with Crippen molar-refractivity contribution in [2.24, 2.45) is 16.5 Å². The van der Waals surface area contributed by atoms with Crippen molar-refractivity contribution < 1.29 is 4.39 Å². The molecule has 2 heterocycles. The van der Waals surface area contributed by atoms with Crippen molar-refractivity contribution in [2.45, 2.75) is 66.3 Å². The van der Waals surface area contributed by atoms with Crippen LogP contribution in [0.25, 0.3) is 16.7 Å². The number of unbranched alkanes of at least 4 members (excludes halogenated alkanes) is 3. The Kier molecular flexibility index (Phi) is 14.7. The molecule has 0 amide bonds. The predicted molar refractivity (Wildman–Crippen MR) is 145 cm³/mol. The zero-order chi connectivity index (χ0) is 26.1. The van der Waals surface area contributed by atoms with Crippen molar-refractivity contribution >= 4 is 17.0 Å². The normalized spacial score (nSPS) is 10.2. The predicted octanol–water partition coefficient (Wildman–Crippen LogP) is 4.34. The van der Waals surface area contributed by atoms with Crippen LogP contribution in [0.2, 0.25) is 0 Å². The molecular weight excluding hydrogens is 445 g/mol. The van der Waals surface area contributed by atoms with E-state index in [0.29, 0.717) is 12.2 Å². The van der Waals surface area contributed by atoms with Gasteiger partial charge in [-0.1, -0.05) is 51.7 Å². The van der Waals surface area contributed by atoms with E-state index >= 15 is 0 Å². The van der Waals surface area contributed by atoms with Crippen LogP contribution in [0.3, 0.4) is 0 Å². The summed E-state index contributed by atoms with van der Waals surface area (Å²) in [6.07, 6.45) is 8.22. The van der Waals surface area contributed by atoms with Gasteiger partial charge in [-0.2, -0.15) is 4.98 Å². The Labute approximate surface area is 208 Å². The Morgan fingerprint density at radius 2 is 1.74 bits per heavy atom. The standard InChI is InChI=1S/C18H23N7O.C6H14.C2H5F/c1-12-9-14-11-25(18(26)24-16(14)23-12)15-5-3-13(4-6-15)10-21-7-2-8-22-17(19)20;1-3-5-6-4-2;1-2-3/h3-6,9,11,21H,2,7-8,10H2,1H3,(H4,19,20,22)(H,23,24,26);3-6H2,1-2H3;2H2,1H3. The van der Waals surface area contributed by atoms with E-state index < -0.39 is 0 Å². The number of aromatic nitrogens is 3. The molecule has 0 unspecified atom stereocenters. The minimum absolute atomic E-state index is 0.123. The van der Waals surface area contributed by atoms with Gasteiger partial charge in [-0.05, 0) is 50.6 Å². The molecule has 0 aliphatic carbocycles. The average molecular weight is 488 g/mol. The summed E-state index contributed by atoms with van der Waals surface area (Å²) in [6, 6.07) is 9.81. The van der Waals surface area contributed by atoms with E-state index in [1.165, 1.54) is 32.6 Å². The lowest BCUT2D eigenvalue weighted by atomic mass is 10.2. The van der Waals surface area contributed by atoms with Crippen LogP contribution in [0.1, 0.15) is 64.1 Å². The van der Waals surface area contributed by atoms with Crippen molar-refractivity contribution in [3.63, 3.8) is 0 Å². The molecule has 9 heteroatoms. The molecule has 0 atom stereocenters. The molecule has 194 valence electrons. The summed E-state index contributed by atoms with van der Waals surface area (Å²) in [6.45, 7) is 9.79. The highest BCUT2D eigenvalue weighted by molar-refractivity contribution is 5.76. The molecule has 0 radical (unpaired) electrons. The molecule has 0 saturated carbocycles. The Morgan fingerprint density at radius 3 is 2.31 bits per heavy atom. The number of nitrogens with two attached hydrogens (primary N) is 2. The first-order valence-corrected chi connectivity index (χ1v) is 12.4. The lowest BCUT2D eigenvalue weighted by Gasteiger charge is -2.08. The highest BCUT2D eigenvalue weighted by Crippen LogP contribution is 2.13. The van der Waals surface area contributed by atoms with Gasteiger partial charge in [-0.25, -0.2) is 4.79 Å². The first-order chi connectivity index (χ1) is 16.9. The average Bonchev–Trinajstić information content (AvgIpc) is 3.19. The molecule has 3 rings (SSSR count). The van der Waals surface area contributed by atoms with E-state index in [1.54, 1.807) is 4.57 Å². The minimum Gasteiger partial charge on any atom is -0.370 e. The van der Waals surface area contributed by atoms with Crippen LogP contribution in [0.4, 0.5) is 4.39 Å². The number of nitrogens with one attached hydrogen (secondary N) is 2. The lowest BCUT2D eigenvalue weighted by molar-refractivity contribution is 0.527. The number of rotatable bonds is 10. The third-order valence-corrected chi connectivity index (χ3v) is 4.95. The van der Waals surface area contributed by atoms with Crippen LogP contribution < -0.4 is 22.5 Å². The fraction of sp³-hybridized carbons (Fsp3) is 0.500. The van der Waals surface area contributed by atoms with Gasteiger partial charge in [0.15, 0.2) is 5.96 Å². The van der Waals surface area contributed by atoms with Gasteiger partial charge in [-0.15, -0.1) is 0 Å². The van der Waals surface area contributed by atoms with Crippen LogP contribution in [0.5, 0.6) is 0 Å². The first kappa shape index (κ1) is 29.8. The summed E-state index contributed by atoms with van der Waals surface area (Å²) in [7, 11) is 0. The van der Waals surface area contributed by atoms with Crippen LogP contribution >= 0.6 is 0 Å². The number of halogens is 1. The largest absolute Gasteiger partial charge is 0.370 e. The molecule has 0 fully saturated rings. The Balaban J connectivity index is 0.000000586. The van der Waals surface area contributed by atoms with Crippen molar-refractivity contribution in [3.8, 4) is 5.69 Å². The van der Waals surface area contributed by atoms with Gasteiger partial charge in [0.2, 0.25) is 0 Å². The molecule has 6 N–H and O–H groups in total. The van der Waals surface area contributed by atoms with E-state index in [9.17, 15) is 9.18 Å². The maximum Gasteiger partial charge on any atom is 0.354 e. The number of alkyl halides is 1. The number of aliphatic imine (C=N–C) groups is 1. The molecule has 0 aliphatic rings. The zero-order valence-electron chi connectivity index (χ0n) is 21.6. The Bertz CT molecular complexity index is 1050. The number of hydrogen-bond acceptors (Lipinski definition) is 4. The van der Waals surface area contributed by atoms with Crippen molar-refractivity contribution in [3.05, 3.63) is 58.3 Å². The molecule has 0 saturated heterocycles. The van der Waals surface area contributed by atoms with Crippen molar-refractivity contribution in [2.75, 3.05) is 19.8 Å². The second kappa shape index (κ2) is 17.3. The number of nitrogens with zero attached hydrogens (tertiary/aromatic N) is 3. The molecule has 0 bridgehead atoms. The van der Waals surface area contributed by atoms with E-state index in [4.69, 9.17) is 11.5 Å². The smallest absolute Gasteiger partial charge is 0.354 e. The van der Waals surface area contributed by atoms with Gasteiger partial charge in [0.25, 0.3) is 0 Å². The summed E-state index contributed by atoms with van der Waals surface area (Å²) < 4.78 is 11.8. The number of hydrogen-bond donors (Lipinski definition) is 4. The van der Waals surface area contributed by atoms with Gasteiger partial charge >= 0.3 is 5.69 Å². The monoisotopic (exact) mass is 487 g/mol. The summed E-state index contributed by atoms with van der Waals surface area (Å²) in [5, 5.41) is 4.25.